The van der Waals surface area contributed by atoms with Crippen molar-refractivity contribution < 1.29 is 14.4 Å². The van der Waals surface area contributed by atoms with Crippen LogP contribution in [0.1, 0.15) is 22.3 Å². The molecule has 0 saturated carbocycles. The van der Waals surface area contributed by atoms with Gasteiger partial charge in [0.15, 0.2) is 0 Å². The predicted octanol–water partition coefficient (Wildman–Crippen LogP) is 5.32. The van der Waals surface area contributed by atoms with E-state index < -0.39 is 5.25 Å². The van der Waals surface area contributed by atoms with Gasteiger partial charge in [-0.15, -0.1) is 11.8 Å². The smallest absolute Gasteiger partial charge is 0.256 e. The summed E-state index contributed by atoms with van der Waals surface area (Å²) < 4.78 is 0. The summed E-state index contributed by atoms with van der Waals surface area (Å²) >= 11 is 7.14. The van der Waals surface area contributed by atoms with Gasteiger partial charge in [0.2, 0.25) is 11.8 Å². The van der Waals surface area contributed by atoms with Crippen LogP contribution in [0, 0.1) is 6.92 Å². The number of amides is 3. The minimum Gasteiger partial charge on any atom is -0.322 e. The van der Waals surface area contributed by atoms with Crippen LogP contribution < -0.4 is 10.2 Å². The van der Waals surface area contributed by atoms with Gasteiger partial charge in [-0.3, -0.25) is 14.4 Å². The molecule has 0 bridgehead atoms. The van der Waals surface area contributed by atoms with Crippen LogP contribution in [0.5, 0.6) is 0 Å². The SMILES string of the molecule is Cc1ccc(NC(=O)c2ccccc2SC2CC(=O)N(c3ccc(Cl)cc3)C2=O)cc1. The molecule has 3 amide bonds. The Kier molecular flexibility index (Phi) is 6.11. The highest BCUT2D eigenvalue weighted by Gasteiger charge is 2.40. The second-order valence-corrected chi connectivity index (χ2v) is 8.85. The van der Waals surface area contributed by atoms with Crippen molar-refractivity contribution in [1.82, 2.24) is 0 Å². The van der Waals surface area contributed by atoms with Crippen molar-refractivity contribution in [1.29, 1.82) is 0 Å². The average Bonchev–Trinajstić information content (AvgIpc) is 3.04. The van der Waals surface area contributed by atoms with E-state index in [0.29, 0.717) is 26.9 Å². The first-order valence-electron chi connectivity index (χ1n) is 9.68. The molecule has 1 aliphatic rings. The fraction of sp³-hybridized carbons (Fsp3) is 0.125. The Morgan fingerprint density at radius 1 is 1.00 bits per heavy atom. The molecule has 1 unspecified atom stereocenters. The number of hydrogen-bond donors (Lipinski definition) is 1. The van der Waals surface area contributed by atoms with Gasteiger partial charge < -0.3 is 5.32 Å². The van der Waals surface area contributed by atoms with E-state index in [0.717, 1.165) is 5.56 Å². The Morgan fingerprint density at radius 2 is 1.68 bits per heavy atom. The predicted molar refractivity (Wildman–Crippen MR) is 124 cm³/mol. The largest absolute Gasteiger partial charge is 0.322 e. The van der Waals surface area contributed by atoms with Gasteiger partial charge in [-0.1, -0.05) is 41.4 Å². The molecule has 0 aromatic heterocycles. The van der Waals surface area contributed by atoms with Gasteiger partial charge >= 0.3 is 0 Å². The van der Waals surface area contributed by atoms with Crippen LogP contribution in [0.4, 0.5) is 11.4 Å². The third kappa shape index (κ3) is 4.65. The number of hydrogen-bond acceptors (Lipinski definition) is 4. The van der Waals surface area contributed by atoms with E-state index in [1.54, 1.807) is 42.5 Å². The van der Waals surface area contributed by atoms with Crippen LogP contribution >= 0.6 is 23.4 Å². The Bertz CT molecular complexity index is 1150. The van der Waals surface area contributed by atoms with Gasteiger partial charge in [0.25, 0.3) is 5.91 Å². The zero-order valence-corrected chi connectivity index (χ0v) is 18.2. The molecule has 0 spiro atoms. The first-order chi connectivity index (χ1) is 14.9. The molecular weight excluding hydrogens is 432 g/mol. The lowest BCUT2D eigenvalue weighted by Crippen LogP contribution is -2.31. The molecular formula is C24H19ClN2O3S. The molecule has 3 aromatic carbocycles. The summed E-state index contributed by atoms with van der Waals surface area (Å²) in [7, 11) is 0. The highest BCUT2D eigenvalue weighted by atomic mass is 35.5. The van der Waals surface area contributed by atoms with Gasteiger partial charge in [0, 0.05) is 22.0 Å². The Labute approximate surface area is 189 Å². The van der Waals surface area contributed by atoms with E-state index in [2.05, 4.69) is 5.32 Å². The molecule has 31 heavy (non-hydrogen) atoms. The Balaban J connectivity index is 1.53. The highest BCUT2D eigenvalue weighted by Crippen LogP contribution is 2.36. The number of carbonyl (C=O) groups is 3. The van der Waals surface area contributed by atoms with Gasteiger partial charge in [0.1, 0.15) is 0 Å². The topological polar surface area (TPSA) is 66.5 Å². The highest BCUT2D eigenvalue weighted by molar-refractivity contribution is 8.00. The van der Waals surface area contributed by atoms with Crippen molar-refractivity contribution in [2.24, 2.45) is 0 Å². The Morgan fingerprint density at radius 3 is 2.39 bits per heavy atom. The van der Waals surface area contributed by atoms with Gasteiger partial charge in [-0.05, 0) is 55.5 Å². The molecule has 1 fully saturated rings. The number of carbonyl (C=O) groups excluding carboxylic acids is 3. The number of halogens is 1. The Hall–Kier alpha value is -3.09. The number of thioether (sulfide) groups is 1. The average molecular weight is 451 g/mol. The minimum atomic E-state index is -0.600. The standard InChI is InChI=1S/C24H19ClN2O3S/c1-15-6-10-17(11-7-15)26-23(29)19-4-2-3-5-20(19)31-21-14-22(28)27(24(21)30)18-12-8-16(25)9-13-18/h2-13,21H,14H2,1H3,(H,26,29). The molecule has 3 aromatic rings. The van der Waals surface area contributed by atoms with E-state index in [4.69, 9.17) is 11.6 Å². The fourth-order valence-corrected chi connectivity index (χ4v) is 4.61. The molecule has 1 saturated heterocycles. The van der Waals surface area contributed by atoms with Gasteiger partial charge in [0.05, 0.1) is 16.5 Å². The number of anilines is 2. The third-order valence-corrected chi connectivity index (χ3v) is 6.42. The zero-order chi connectivity index (χ0) is 22.0. The normalized spacial score (nSPS) is 15.9. The van der Waals surface area contributed by atoms with Crippen molar-refractivity contribution in [2.75, 3.05) is 10.2 Å². The lowest BCUT2D eigenvalue weighted by atomic mass is 10.2. The molecule has 1 aliphatic heterocycles. The van der Waals surface area contributed by atoms with Crippen molar-refractivity contribution >= 4 is 52.5 Å². The van der Waals surface area contributed by atoms with Crippen molar-refractivity contribution in [3.05, 3.63) is 88.9 Å². The van der Waals surface area contributed by atoms with E-state index >= 15 is 0 Å². The van der Waals surface area contributed by atoms with Crippen LogP contribution in [0.3, 0.4) is 0 Å². The molecule has 1 atom stereocenters. The van der Waals surface area contributed by atoms with Gasteiger partial charge in [-0.2, -0.15) is 0 Å². The quantitative estimate of drug-likeness (QED) is 0.534. The van der Waals surface area contributed by atoms with Gasteiger partial charge in [-0.25, -0.2) is 4.90 Å². The second kappa shape index (κ2) is 8.96. The summed E-state index contributed by atoms with van der Waals surface area (Å²) in [5.74, 6) is -0.837. The monoisotopic (exact) mass is 450 g/mol. The summed E-state index contributed by atoms with van der Waals surface area (Å²) in [5, 5.41) is 2.81. The van der Waals surface area contributed by atoms with E-state index in [-0.39, 0.29) is 24.1 Å². The molecule has 0 radical (unpaired) electrons. The van der Waals surface area contributed by atoms with Crippen LogP contribution in [-0.2, 0) is 9.59 Å². The molecule has 4 rings (SSSR count). The van der Waals surface area contributed by atoms with Crippen LogP contribution in [0.15, 0.2) is 77.7 Å². The molecule has 0 aliphatic carbocycles. The van der Waals surface area contributed by atoms with Crippen LogP contribution in [-0.4, -0.2) is 23.0 Å². The number of benzene rings is 3. The van der Waals surface area contributed by atoms with E-state index in [9.17, 15) is 14.4 Å². The lowest BCUT2D eigenvalue weighted by Gasteiger charge is -2.16. The maximum atomic E-state index is 13.0. The first kappa shape index (κ1) is 21.2. The third-order valence-electron chi connectivity index (χ3n) is 4.90. The number of rotatable bonds is 5. The number of nitrogens with one attached hydrogen (secondary N) is 1. The maximum absolute atomic E-state index is 13.0. The summed E-state index contributed by atoms with van der Waals surface area (Å²) in [6.07, 6.45) is 0.0695. The number of aryl methyl sites for hydroxylation is 1. The zero-order valence-electron chi connectivity index (χ0n) is 16.7. The number of nitrogens with zero attached hydrogens (tertiary/aromatic N) is 1. The van der Waals surface area contributed by atoms with Crippen molar-refractivity contribution in [3.63, 3.8) is 0 Å². The second-order valence-electron chi connectivity index (χ2n) is 7.17. The molecule has 156 valence electrons. The van der Waals surface area contributed by atoms with Crippen LogP contribution in [0.25, 0.3) is 0 Å². The fourth-order valence-electron chi connectivity index (χ4n) is 3.30. The van der Waals surface area contributed by atoms with Crippen molar-refractivity contribution in [2.45, 2.75) is 23.5 Å². The van der Waals surface area contributed by atoms with E-state index in [1.807, 2.05) is 37.3 Å². The number of imide groups is 1. The molecule has 7 heteroatoms. The molecule has 1 N–H and O–H groups in total. The minimum absolute atomic E-state index is 0.0695. The van der Waals surface area contributed by atoms with Crippen molar-refractivity contribution in [3.8, 4) is 0 Å². The summed E-state index contributed by atoms with van der Waals surface area (Å²) in [5.41, 5.74) is 2.74. The first-order valence-corrected chi connectivity index (χ1v) is 10.9. The summed E-state index contributed by atoms with van der Waals surface area (Å²) in [6, 6.07) is 21.2. The summed E-state index contributed by atoms with van der Waals surface area (Å²) in [4.78, 5) is 40.2. The van der Waals surface area contributed by atoms with Crippen LogP contribution in [0.2, 0.25) is 5.02 Å². The lowest BCUT2D eigenvalue weighted by molar-refractivity contribution is -0.121. The molecule has 1 heterocycles. The molecule has 5 nitrogen and oxygen atoms in total. The van der Waals surface area contributed by atoms with E-state index in [1.165, 1.54) is 16.7 Å². The maximum Gasteiger partial charge on any atom is 0.256 e. The summed E-state index contributed by atoms with van der Waals surface area (Å²) in [6.45, 7) is 1.98.